The first-order valence-electron chi connectivity index (χ1n) is 4.10. The van der Waals surface area contributed by atoms with Crippen LogP contribution in [0.4, 0.5) is 0 Å². The summed E-state index contributed by atoms with van der Waals surface area (Å²) in [5.41, 5.74) is 0.109. The summed E-state index contributed by atoms with van der Waals surface area (Å²) in [6.07, 6.45) is 10.3. The molecule has 0 aliphatic carbocycles. The normalized spacial score (nSPS) is 16.2. The van der Waals surface area contributed by atoms with Gasteiger partial charge >= 0.3 is 0 Å². The summed E-state index contributed by atoms with van der Waals surface area (Å²) in [5, 5.41) is 0. The van der Waals surface area contributed by atoms with Crippen LogP contribution in [0.3, 0.4) is 0 Å². The van der Waals surface area contributed by atoms with Crippen LogP contribution in [0.5, 0.6) is 0 Å². The molecule has 0 aliphatic heterocycles. The highest BCUT2D eigenvalue weighted by Gasteiger charge is 2.12. The van der Waals surface area contributed by atoms with Gasteiger partial charge < -0.3 is 0 Å². The summed E-state index contributed by atoms with van der Waals surface area (Å²) in [6, 6.07) is 0. The van der Waals surface area contributed by atoms with Gasteiger partial charge in [0, 0.05) is 5.41 Å². The quantitative estimate of drug-likeness (QED) is 0.524. The molecule has 0 N–H and O–H groups in total. The molecule has 0 fully saturated rings. The molecule has 0 rings (SSSR count). The van der Waals surface area contributed by atoms with E-state index in [9.17, 15) is 0 Å². The fraction of sp³-hybridized carbons (Fsp3) is 0.455. The average Bonchev–Trinajstić information content (AvgIpc) is 2.02. The maximum atomic E-state index is 3.81. The van der Waals surface area contributed by atoms with Crippen molar-refractivity contribution in [1.82, 2.24) is 0 Å². The molecule has 0 radical (unpaired) electrons. The summed E-state index contributed by atoms with van der Waals surface area (Å²) in [5.74, 6) is 0. The standard InChI is InChI=1S/C11H18/c1-5-8-10-11(4,7-3)9-6-2/h6-8,10H,2-3,5,9H2,1,4H3. The Bertz CT molecular complexity index is 153. The Labute approximate surface area is 70.3 Å². The Balaban J connectivity index is 4.19. The Hall–Kier alpha value is -0.780. The van der Waals surface area contributed by atoms with Crippen molar-refractivity contribution in [3.63, 3.8) is 0 Å². The smallest absolute Gasteiger partial charge is 0.00643 e. The lowest BCUT2D eigenvalue weighted by Gasteiger charge is -2.18. The molecule has 0 amide bonds. The molecule has 0 aromatic rings. The summed E-state index contributed by atoms with van der Waals surface area (Å²) in [7, 11) is 0. The lowest BCUT2D eigenvalue weighted by Crippen LogP contribution is -2.06. The second kappa shape index (κ2) is 4.95. The monoisotopic (exact) mass is 150 g/mol. The lowest BCUT2D eigenvalue weighted by atomic mass is 9.86. The topological polar surface area (TPSA) is 0 Å². The number of hydrogen-bond donors (Lipinski definition) is 0. The first-order valence-corrected chi connectivity index (χ1v) is 4.10. The van der Waals surface area contributed by atoms with E-state index in [0.29, 0.717) is 0 Å². The fourth-order valence-corrected chi connectivity index (χ4v) is 0.917. The van der Waals surface area contributed by atoms with Gasteiger partial charge in [0.25, 0.3) is 0 Å². The average molecular weight is 150 g/mol. The Morgan fingerprint density at radius 1 is 1.36 bits per heavy atom. The minimum atomic E-state index is 0.109. The number of allylic oxidation sites excluding steroid dienone is 4. The zero-order chi connectivity index (χ0) is 8.74. The van der Waals surface area contributed by atoms with Gasteiger partial charge in [-0.25, -0.2) is 0 Å². The van der Waals surface area contributed by atoms with Crippen molar-refractivity contribution in [2.75, 3.05) is 0 Å². The third kappa shape index (κ3) is 3.82. The first-order chi connectivity index (χ1) is 5.18. The Kier molecular flexibility index (Phi) is 4.60. The van der Waals surface area contributed by atoms with Gasteiger partial charge in [0.05, 0.1) is 0 Å². The molecule has 1 atom stereocenters. The van der Waals surface area contributed by atoms with Crippen LogP contribution in [0, 0.1) is 5.41 Å². The van der Waals surface area contributed by atoms with E-state index < -0.39 is 0 Å². The zero-order valence-corrected chi connectivity index (χ0v) is 7.64. The molecule has 1 unspecified atom stereocenters. The Morgan fingerprint density at radius 2 is 2.00 bits per heavy atom. The van der Waals surface area contributed by atoms with Crippen LogP contribution in [0.1, 0.15) is 26.7 Å². The van der Waals surface area contributed by atoms with E-state index in [0.717, 1.165) is 12.8 Å². The Morgan fingerprint density at radius 3 is 2.36 bits per heavy atom. The van der Waals surface area contributed by atoms with E-state index in [1.807, 2.05) is 12.2 Å². The van der Waals surface area contributed by atoms with Gasteiger partial charge in [-0.3, -0.25) is 0 Å². The molecule has 0 bridgehead atoms. The molecule has 0 spiro atoms. The molecule has 0 aromatic heterocycles. The van der Waals surface area contributed by atoms with Crippen LogP contribution in [0.2, 0.25) is 0 Å². The second-order valence-corrected chi connectivity index (χ2v) is 3.01. The minimum absolute atomic E-state index is 0.109. The fourth-order valence-electron chi connectivity index (χ4n) is 0.917. The molecule has 11 heavy (non-hydrogen) atoms. The zero-order valence-electron chi connectivity index (χ0n) is 7.64. The summed E-state index contributed by atoms with van der Waals surface area (Å²) in [4.78, 5) is 0. The molecule has 0 aliphatic rings. The van der Waals surface area contributed by atoms with Crippen LogP contribution in [0.25, 0.3) is 0 Å². The van der Waals surface area contributed by atoms with Crippen LogP contribution < -0.4 is 0 Å². The third-order valence-corrected chi connectivity index (χ3v) is 1.78. The maximum Gasteiger partial charge on any atom is 0.00643 e. The number of rotatable bonds is 5. The van der Waals surface area contributed by atoms with Crippen molar-refractivity contribution >= 4 is 0 Å². The van der Waals surface area contributed by atoms with Gasteiger partial charge in [-0.05, 0) is 12.8 Å². The molecular formula is C11H18. The predicted molar refractivity (Wildman–Crippen MR) is 52.5 cm³/mol. The van der Waals surface area contributed by atoms with E-state index in [2.05, 4.69) is 39.2 Å². The highest BCUT2D eigenvalue weighted by molar-refractivity contribution is 5.09. The van der Waals surface area contributed by atoms with Gasteiger partial charge in [0.2, 0.25) is 0 Å². The van der Waals surface area contributed by atoms with Crippen LogP contribution in [-0.2, 0) is 0 Å². The summed E-state index contributed by atoms with van der Waals surface area (Å²) >= 11 is 0. The van der Waals surface area contributed by atoms with Crippen LogP contribution in [0.15, 0.2) is 37.5 Å². The molecule has 62 valence electrons. The molecule has 0 saturated carbocycles. The second-order valence-electron chi connectivity index (χ2n) is 3.01. The third-order valence-electron chi connectivity index (χ3n) is 1.78. The van der Waals surface area contributed by atoms with Crippen molar-refractivity contribution in [2.24, 2.45) is 5.41 Å². The highest BCUT2D eigenvalue weighted by atomic mass is 14.2. The van der Waals surface area contributed by atoms with E-state index in [1.54, 1.807) is 0 Å². The summed E-state index contributed by atoms with van der Waals surface area (Å²) in [6.45, 7) is 11.8. The molecule has 0 heteroatoms. The molecule has 0 aromatic carbocycles. The van der Waals surface area contributed by atoms with E-state index in [4.69, 9.17) is 0 Å². The van der Waals surface area contributed by atoms with Crippen molar-refractivity contribution in [2.45, 2.75) is 26.7 Å². The maximum absolute atomic E-state index is 3.81. The SMILES string of the molecule is C=CCC(C)(C=C)C=CCC. The van der Waals surface area contributed by atoms with Crippen molar-refractivity contribution in [3.05, 3.63) is 37.5 Å². The van der Waals surface area contributed by atoms with Gasteiger partial charge in [-0.2, -0.15) is 0 Å². The van der Waals surface area contributed by atoms with Gasteiger partial charge in [-0.1, -0.05) is 38.2 Å². The van der Waals surface area contributed by atoms with Crippen LogP contribution in [-0.4, -0.2) is 0 Å². The summed E-state index contributed by atoms with van der Waals surface area (Å²) < 4.78 is 0. The number of hydrogen-bond acceptors (Lipinski definition) is 0. The van der Waals surface area contributed by atoms with E-state index in [1.165, 1.54) is 0 Å². The van der Waals surface area contributed by atoms with Gasteiger partial charge in [-0.15, -0.1) is 13.2 Å². The largest absolute Gasteiger partial charge is 0.103 e. The molecule has 0 heterocycles. The molecular weight excluding hydrogens is 132 g/mol. The predicted octanol–water partition coefficient (Wildman–Crippen LogP) is 3.72. The lowest BCUT2D eigenvalue weighted by molar-refractivity contribution is 0.562. The van der Waals surface area contributed by atoms with E-state index >= 15 is 0 Å². The first kappa shape index (κ1) is 10.2. The van der Waals surface area contributed by atoms with Gasteiger partial charge in [0.15, 0.2) is 0 Å². The van der Waals surface area contributed by atoms with Crippen molar-refractivity contribution in [3.8, 4) is 0 Å². The molecule has 0 nitrogen and oxygen atoms in total. The molecule has 0 saturated heterocycles. The van der Waals surface area contributed by atoms with Crippen molar-refractivity contribution in [1.29, 1.82) is 0 Å². The minimum Gasteiger partial charge on any atom is -0.103 e. The highest BCUT2D eigenvalue weighted by Crippen LogP contribution is 2.24. The van der Waals surface area contributed by atoms with Crippen molar-refractivity contribution < 1.29 is 0 Å². The van der Waals surface area contributed by atoms with Crippen LogP contribution >= 0.6 is 0 Å². The van der Waals surface area contributed by atoms with E-state index in [-0.39, 0.29) is 5.41 Å². The van der Waals surface area contributed by atoms with Gasteiger partial charge in [0.1, 0.15) is 0 Å².